The summed E-state index contributed by atoms with van der Waals surface area (Å²) >= 11 is 0. The van der Waals surface area contributed by atoms with Crippen molar-refractivity contribution < 1.29 is 4.79 Å². The molecule has 0 saturated carbocycles. The smallest absolute Gasteiger partial charge is 0.240 e. The van der Waals surface area contributed by atoms with Crippen molar-refractivity contribution in [3.8, 4) is 0 Å². The Labute approximate surface area is 118 Å². The standard InChI is InChI=1S/C15H31N3O/c1-5-7-10-17(6-2)14(13(3)4)15(19)18-11-8-16-9-12-18/h13-14,16H,5-12H2,1-4H3. The summed E-state index contributed by atoms with van der Waals surface area (Å²) in [6.45, 7) is 14.3. The van der Waals surface area contributed by atoms with Crippen molar-refractivity contribution in [3.05, 3.63) is 0 Å². The Bertz CT molecular complexity index is 262. The van der Waals surface area contributed by atoms with Crippen LogP contribution in [0.4, 0.5) is 0 Å². The summed E-state index contributed by atoms with van der Waals surface area (Å²) < 4.78 is 0. The lowest BCUT2D eigenvalue weighted by atomic mass is 10.00. The first kappa shape index (κ1) is 16.4. The molecule has 1 rings (SSSR count). The van der Waals surface area contributed by atoms with Crippen LogP contribution in [0.25, 0.3) is 0 Å². The number of hydrogen-bond donors (Lipinski definition) is 1. The Kier molecular flexibility index (Phi) is 7.39. The fourth-order valence-corrected chi connectivity index (χ4v) is 2.79. The lowest BCUT2D eigenvalue weighted by Gasteiger charge is -2.38. The zero-order valence-electron chi connectivity index (χ0n) is 13.1. The van der Waals surface area contributed by atoms with Gasteiger partial charge in [0.15, 0.2) is 0 Å². The van der Waals surface area contributed by atoms with Crippen LogP contribution in [-0.2, 0) is 4.79 Å². The highest BCUT2D eigenvalue weighted by atomic mass is 16.2. The van der Waals surface area contributed by atoms with Gasteiger partial charge in [-0.1, -0.05) is 34.1 Å². The molecule has 19 heavy (non-hydrogen) atoms. The molecule has 1 N–H and O–H groups in total. The predicted molar refractivity (Wildman–Crippen MR) is 80.2 cm³/mol. The minimum Gasteiger partial charge on any atom is -0.339 e. The van der Waals surface area contributed by atoms with E-state index in [0.717, 1.165) is 39.3 Å². The number of nitrogens with zero attached hydrogens (tertiary/aromatic N) is 2. The molecular weight excluding hydrogens is 238 g/mol. The number of carbonyl (C=O) groups excluding carboxylic acids is 1. The summed E-state index contributed by atoms with van der Waals surface area (Å²) in [5.74, 6) is 0.702. The highest BCUT2D eigenvalue weighted by molar-refractivity contribution is 5.82. The summed E-state index contributed by atoms with van der Waals surface area (Å²) in [6, 6.07) is 0.0506. The van der Waals surface area contributed by atoms with E-state index in [1.807, 2.05) is 4.90 Å². The number of nitrogens with one attached hydrogen (secondary N) is 1. The van der Waals surface area contributed by atoms with Crippen molar-refractivity contribution in [1.82, 2.24) is 15.1 Å². The van der Waals surface area contributed by atoms with Crippen LogP contribution in [0.2, 0.25) is 0 Å². The van der Waals surface area contributed by atoms with Gasteiger partial charge in [-0.05, 0) is 25.4 Å². The molecule has 0 aromatic rings. The molecule has 1 aliphatic rings. The Morgan fingerprint density at radius 3 is 2.37 bits per heavy atom. The summed E-state index contributed by atoms with van der Waals surface area (Å²) in [5.41, 5.74) is 0. The van der Waals surface area contributed by atoms with Gasteiger partial charge in [-0.25, -0.2) is 0 Å². The number of rotatable bonds is 7. The van der Waals surface area contributed by atoms with Crippen LogP contribution < -0.4 is 5.32 Å². The normalized spacial score (nSPS) is 18.1. The third-order valence-electron chi connectivity index (χ3n) is 3.91. The van der Waals surface area contributed by atoms with Gasteiger partial charge in [0.2, 0.25) is 5.91 Å². The van der Waals surface area contributed by atoms with Crippen molar-refractivity contribution in [2.75, 3.05) is 39.3 Å². The van der Waals surface area contributed by atoms with Gasteiger partial charge in [-0.15, -0.1) is 0 Å². The van der Waals surface area contributed by atoms with Crippen LogP contribution in [-0.4, -0.2) is 61.0 Å². The average molecular weight is 269 g/mol. The van der Waals surface area contributed by atoms with Crippen LogP contribution in [0.15, 0.2) is 0 Å². The number of unbranched alkanes of at least 4 members (excludes halogenated alkanes) is 1. The van der Waals surface area contributed by atoms with Gasteiger partial charge in [-0.3, -0.25) is 9.69 Å². The van der Waals surface area contributed by atoms with Gasteiger partial charge in [0, 0.05) is 26.2 Å². The van der Waals surface area contributed by atoms with E-state index >= 15 is 0 Å². The third kappa shape index (κ3) is 4.77. The molecule has 0 bridgehead atoms. The fraction of sp³-hybridized carbons (Fsp3) is 0.933. The molecule has 4 heteroatoms. The number of likely N-dealkylation sites (N-methyl/N-ethyl adjacent to an activating group) is 1. The van der Waals surface area contributed by atoms with E-state index in [4.69, 9.17) is 0 Å². The van der Waals surface area contributed by atoms with E-state index in [-0.39, 0.29) is 6.04 Å². The number of amides is 1. The van der Waals surface area contributed by atoms with Crippen LogP contribution in [0, 0.1) is 5.92 Å². The average Bonchev–Trinajstić information content (AvgIpc) is 2.43. The molecular formula is C15H31N3O. The third-order valence-corrected chi connectivity index (χ3v) is 3.91. The second kappa shape index (κ2) is 8.54. The lowest BCUT2D eigenvalue weighted by molar-refractivity contribution is -0.139. The first-order valence-electron chi connectivity index (χ1n) is 7.85. The molecule has 1 aliphatic heterocycles. The highest BCUT2D eigenvalue weighted by Crippen LogP contribution is 2.15. The largest absolute Gasteiger partial charge is 0.339 e. The first-order chi connectivity index (χ1) is 9.11. The highest BCUT2D eigenvalue weighted by Gasteiger charge is 2.31. The molecule has 1 amide bonds. The van der Waals surface area contributed by atoms with Crippen molar-refractivity contribution >= 4 is 5.91 Å². The van der Waals surface area contributed by atoms with Gasteiger partial charge in [0.05, 0.1) is 6.04 Å². The summed E-state index contributed by atoms with van der Waals surface area (Å²) in [7, 11) is 0. The van der Waals surface area contributed by atoms with Gasteiger partial charge in [-0.2, -0.15) is 0 Å². The maximum atomic E-state index is 12.8. The Balaban J connectivity index is 2.70. The van der Waals surface area contributed by atoms with Crippen LogP contribution in [0.1, 0.15) is 40.5 Å². The molecule has 0 spiro atoms. The van der Waals surface area contributed by atoms with Crippen molar-refractivity contribution in [2.45, 2.75) is 46.6 Å². The SMILES string of the molecule is CCCCN(CC)C(C(=O)N1CCNCC1)C(C)C. The monoisotopic (exact) mass is 269 g/mol. The van der Waals surface area contributed by atoms with Gasteiger partial charge < -0.3 is 10.2 Å². The fourth-order valence-electron chi connectivity index (χ4n) is 2.79. The minimum atomic E-state index is 0.0506. The lowest BCUT2D eigenvalue weighted by Crippen LogP contribution is -2.55. The second-order valence-electron chi connectivity index (χ2n) is 5.75. The molecule has 112 valence electrons. The summed E-state index contributed by atoms with van der Waals surface area (Å²) in [5, 5.41) is 3.31. The zero-order valence-corrected chi connectivity index (χ0v) is 13.1. The Morgan fingerprint density at radius 1 is 1.26 bits per heavy atom. The van der Waals surface area contributed by atoms with Crippen LogP contribution in [0.5, 0.6) is 0 Å². The molecule has 1 heterocycles. The molecule has 1 saturated heterocycles. The predicted octanol–water partition coefficient (Wildman–Crippen LogP) is 1.56. The van der Waals surface area contributed by atoms with Gasteiger partial charge in [0.25, 0.3) is 0 Å². The van der Waals surface area contributed by atoms with Crippen molar-refractivity contribution in [2.24, 2.45) is 5.92 Å². The summed E-state index contributed by atoms with van der Waals surface area (Å²) in [4.78, 5) is 17.2. The van der Waals surface area contributed by atoms with E-state index in [1.54, 1.807) is 0 Å². The topological polar surface area (TPSA) is 35.6 Å². The van der Waals surface area contributed by atoms with Crippen molar-refractivity contribution in [1.29, 1.82) is 0 Å². The van der Waals surface area contributed by atoms with Crippen LogP contribution >= 0.6 is 0 Å². The first-order valence-corrected chi connectivity index (χ1v) is 7.85. The molecule has 1 unspecified atom stereocenters. The molecule has 4 nitrogen and oxygen atoms in total. The molecule has 0 aromatic heterocycles. The molecule has 1 fully saturated rings. The quantitative estimate of drug-likeness (QED) is 0.762. The molecule has 0 radical (unpaired) electrons. The van der Waals surface area contributed by atoms with E-state index in [0.29, 0.717) is 11.8 Å². The minimum absolute atomic E-state index is 0.0506. The van der Waals surface area contributed by atoms with Crippen molar-refractivity contribution in [3.63, 3.8) is 0 Å². The molecule has 0 aromatic carbocycles. The van der Waals surface area contributed by atoms with Gasteiger partial charge >= 0.3 is 0 Å². The van der Waals surface area contributed by atoms with Crippen LogP contribution in [0.3, 0.4) is 0 Å². The maximum absolute atomic E-state index is 12.8. The van der Waals surface area contributed by atoms with E-state index in [9.17, 15) is 4.79 Å². The number of piperazine rings is 1. The van der Waals surface area contributed by atoms with E-state index in [2.05, 4.69) is 37.9 Å². The number of hydrogen-bond acceptors (Lipinski definition) is 3. The zero-order chi connectivity index (χ0) is 14.3. The van der Waals surface area contributed by atoms with Gasteiger partial charge in [0.1, 0.15) is 0 Å². The molecule has 1 atom stereocenters. The Morgan fingerprint density at radius 2 is 1.89 bits per heavy atom. The Hall–Kier alpha value is -0.610. The second-order valence-corrected chi connectivity index (χ2v) is 5.75. The maximum Gasteiger partial charge on any atom is 0.240 e. The summed E-state index contributed by atoms with van der Waals surface area (Å²) in [6.07, 6.45) is 2.36. The molecule has 0 aliphatic carbocycles. The van der Waals surface area contributed by atoms with E-state index in [1.165, 1.54) is 12.8 Å². The number of carbonyl (C=O) groups is 1. The van der Waals surface area contributed by atoms with E-state index < -0.39 is 0 Å².